The van der Waals surface area contributed by atoms with Gasteiger partial charge in [-0.05, 0) is 19.3 Å². The van der Waals surface area contributed by atoms with Gasteiger partial charge in [0.15, 0.2) is 6.29 Å². The van der Waals surface area contributed by atoms with Crippen LogP contribution in [0.3, 0.4) is 0 Å². The maximum absolute atomic E-state index is 9.00. The number of aliphatic hydroxyl groups is 1. The lowest BCUT2D eigenvalue weighted by Gasteiger charge is -2.12. The fourth-order valence-corrected chi connectivity index (χ4v) is 1.99. The predicted octanol–water partition coefficient (Wildman–Crippen LogP) is 3.59. The molecule has 0 aliphatic rings. The van der Waals surface area contributed by atoms with E-state index in [-0.39, 0.29) is 6.29 Å². The summed E-state index contributed by atoms with van der Waals surface area (Å²) >= 11 is 0. The van der Waals surface area contributed by atoms with Crippen molar-refractivity contribution < 1.29 is 24.5 Å². The molecular formula is C16H34O5. The van der Waals surface area contributed by atoms with E-state index < -0.39 is 5.97 Å². The van der Waals surface area contributed by atoms with Gasteiger partial charge in [0.25, 0.3) is 5.97 Å². The van der Waals surface area contributed by atoms with Crippen molar-refractivity contribution in [2.45, 2.75) is 77.4 Å². The molecule has 0 aromatic carbocycles. The minimum Gasteiger partial charge on any atom is -0.481 e. The topological polar surface area (TPSA) is 76.0 Å². The normalized spacial score (nSPS) is 10.3. The summed E-state index contributed by atoms with van der Waals surface area (Å²) in [6.07, 6.45) is 12.2. The number of carboxylic acids is 1. The van der Waals surface area contributed by atoms with E-state index in [4.69, 9.17) is 24.5 Å². The molecule has 0 saturated heterocycles. The van der Waals surface area contributed by atoms with E-state index in [2.05, 4.69) is 0 Å². The fraction of sp³-hybridized carbons (Fsp3) is 0.938. The zero-order chi connectivity index (χ0) is 16.3. The first-order valence-corrected chi connectivity index (χ1v) is 7.94. The Bertz CT molecular complexity index is 201. The van der Waals surface area contributed by atoms with Crippen LogP contribution < -0.4 is 0 Å². The third-order valence-corrected chi connectivity index (χ3v) is 3.12. The highest BCUT2D eigenvalue weighted by atomic mass is 16.7. The number of unbranched alkanes of at least 4 members (excludes halogenated alkanes) is 8. The van der Waals surface area contributed by atoms with Crippen molar-refractivity contribution in [1.82, 2.24) is 0 Å². The highest BCUT2D eigenvalue weighted by Crippen LogP contribution is 2.12. The molecule has 0 amide bonds. The van der Waals surface area contributed by atoms with Gasteiger partial charge in [-0.1, -0.05) is 44.9 Å². The Morgan fingerprint density at radius 2 is 1.19 bits per heavy atom. The van der Waals surface area contributed by atoms with Crippen LogP contribution in [0.4, 0.5) is 0 Å². The van der Waals surface area contributed by atoms with Crippen molar-refractivity contribution in [2.24, 2.45) is 0 Å². The number of ether oxygens (including phenoxy) is 2. The maximum Gasteiger partial charge on any atom is 0.300 e. The molecule has 2 N–H and O–H groups in total. The molecule has 0 saturated carbocycles. The minimum atomic E-state index is -0.833. The van der Waals surface area contributed by atoms with Crippen LogP contribution in [0.25, 0.3) is 0 Å². The number of methoxy groups -OCH3 is 2. The first-order valence-electron chi connectivity index (χ1n) is 7.94. The molecule has 0 unspecified atom stereocenters. The fourth-order valence-electron chi connectivity index (χ4n) is 1.99. The third-order valence-electron chi connectivity index (χ3n) is 3.12. The number of carbonyl (C=O) groups is 1. The Morgan fingerprint density at radius 1 is 0.857 bits per heavy atom. The van der Waals surface area contributed by atoms with E-state index in [0.29, 0.717) is 6.61 Å². The van der Waals surface area contributed by atoms with E-state index in [1.165, 1.54) is 51.4 Å². The standard InChI is InChI=1S/C14H30O3.C2H4O2/c1-16-14(17-2)12-10-8-6-4-3-5-7-9-11-13-15;1-2(3)4/h14-15H,3-13H2,1-2H3;1H3,(H,3,4). The van der Waals surface area contributed by atoms with Crippen LogP contribution in [0.5, 0.6) is 0 Å². The summed E-state index contributed by atoms with van der Waals surface area (Å²) in [5.74, 6) is -0.833. The Hall–Kier alpha value is -0.650. The maximum atomic E-state index is 9.00. The molecular weight excluding hydrogens is 272 g/mol. The second kappa shape index (κ2) is 19.4. The van der Waals surface area contributed by atoms with Crippen LogP contribution in [0, 0.1) is 0 Å². The lowest BCUT2D eigenvalue weighted by molar-refractivity contribution is -0.134. The molecule has 0 radical (unpaired) electrons. The molecule has 0 aromatic rings. The van der Waals surface area contributed by atoms with Gasteiger partial charge in [0.05, 0.1) is 0 Å². The second-order valence-electron chi connectivity index (χ2n) is 5.11. The first kappa shape index (κ1) is 22.6. The predicted molar refractivity (Wildman–Crippen MR) is 84.4 cm³/mol. The summed E-state index contributed by atoms with van der Waals surface area (Å²) in [6.45, 7) is 1.43. The lowest BCUT2D eigenvalue weighted by atomic mass is 10.1. The Morgan fingerprint density at radius 3 is 1.52 bits per heavy atom. The van der Waals surface area contributed by atoms with Crippen molar-refractivity contribution in [3.8, 4) is 0 Å². The third kappa shape index (κ3) is 24.7. The van der Waals surface area contributed by atoms with E-state index >= 15 is 0 Å². The van der Waals surface area contributed by atoms with Gasteiger partial charge in [0.2, 0.25) is 0 Å². The monoisotopic (exact) mass is 306 g/mol. The molecule has 0 rings (SSSR count). The van der Waals surface area contributed by atoms with Gasteiger partial charge in [0.1, 0.15) is 0 Å². The summed E-state index contributed by atoms with van der Waals surface area (Å²) in [4.78, 5) is 9.00. The average Bonchev–Trinajstić information content (AvgIpc) is 2.44. The molecule has 5 nitrogen and oxygen atoms in total. The molecule has 0 aromatic heterocycles. The molecule has 0 atom stereocenters. The number of hydrogen-bond donors (Lipinski definition) is 2. The number of hydrogen-bond acceptors (Lipinski definition) is 4. The van der Waals surface area contributed by atoms with Gasteiger partial charge in [-0.15, -0.1) is 0 Å². The minimum absolute atomic E-state index is 0.0199. The van der Waals surface area contributed by atoms with Crippen LogP contribution in [-0.2, 0) is 14.3 Å². The lowest BCUT2D eigenvalue weighted by Crippen LogP contribution is -2.12. The largest absolute Gasteiger partial charge is 0.481 e. The van der Waals surface area contributed by atoms with Gasteiger partial charge in [-0.3, -0.25) is 4.79 Å². The first-order chi connectivity index (χ1) is 10.1. The van der Waals surface area contributed by atoms with E-state index in [1.54, 1.807) is 14.2 Å². The summed E-state index contributed by atoms with van der Waals surface area (Å²) in [6, 6.07) is 0. The smallest absolute Gasteiger partial charge is 0.300 e. The molecule has 0 aliphatic heterocycles. The summed E-state index contributed by atoms with van der Waals surface area (Å²) in [7, 11) is 3.39. The van der Waals surface area contributed by atoms with Gasteiger partial charge < -0.3 is 19.7 Å². The highest BCUT2D eigenvalue weighted by molar-refractivity contribution is 5.62. The SMILES string of the molecule is CC(=O)O.COC(CCCCCCCCCCCO)OC. The Balaban J connectivity index is 0. The van der Waals surface area contributed by atoms with E-state index in [0.717, 1.165) is 19.8 Å². The molecule has 0 spiro atoms. The zero-order valence-corrected chi connectivity index (χ0v) is 14.0. The number of rotatable bonds is 13. The van der Waals surface area contributed by atoms with Crippen LogP contribution in [-0.4, -0.2) is 43.3 Å². The van der Waals surface area contributed by atoms with Crippen LogP contribution in [0.1, 0.15) is 71.1 Å². The van der Waals surface area contributed by atoms with E-state index in [1.807, 2.05) is 0 Å². The molecule has 5 heteroatoms. The molecule has 0 aliphatic carbocycles. The van der Waals surface area contributed by atoms with Crippen molar-refractivity contribution in [3.05, 3.63) is 0 Å². The number of carboxylic acid groups (broad SMARTS) is 1. The number of aliphatic carboxylic acids is 1. The highest BCUT2D eigenvalue weighted by Gasteiger charge is 2.03. The average molecular weight is 306 g/mol. The van der Waals surface area contributed by atoms with Crippen molar-refractivity contribution in [3.63, 3.8) is 0 Å². The van der Waals surface area contributed by atoms with Crippen LogP contribution in [0.2, 0.25) is 0 Å². The van der Waals surface area contributed by atoms with Crippen molar-refractivity contribution in [1.29, 1.82) is 0 Å². The molecule has 0 fully saturated rings. The van der Waals surface area contributed by atoms with Gasteiger partial charge in [0, 0.05) is 27.8 Å². The number of aliphatic hydroxyl groups excluding tert-OH is 1. The summed E-state index contributed by atoms with van der Waals surface area (Å²) in [5, 5.41) is 16.0. The van der Waals surface area contributed by atoms with Crippen molar-refractivity contribution >= 4 is 5.97 Å². The van der Waals surface area contributed by atoms with Gasteiger partial charge in [-0.2, -0.15) is 0 Å². The van der Waals surface area contributed by atoms with Gasteiger partial charge >= 0.3 is 0 Å². The van der Waals surface area contributed by atoms with Gasteiger partial charge in [-0.25, -0.2) is 0 Å². The van der Waals surface area contributed by atoms with E-state index in [9.17, 15) is 0 Å². The second-order valence-corrected chi connectivity index (χ2v) is 5.11. The molecule has 0 bridgehead atoms. The molecule has 0 heterocycles. The summed E-state index contributed by atoms with van der Waals surface area (Å²) in [5.41, 5.74) is 0. The molecule has 128 valence electrons. The Kier molecular flexibility index (Phi) is 20.9. The zero-order valence-electron chi connectivity index (χ0n) is 14.0. The summed E-state index contributed by atoms with van der Waals surface area (Å²) < 4.78 is 10.3. The molecule has 21 heavy (non-hydrogen) atoms. The van der Waals surface area contributed by atoms with Crippen LogP contribution >= 0.6 is 0 Å². The Labute approximate surface area is 129 Å². The van der Waals surface area contributed by atoms with Crippen LogP contribution in [0.15, 0.2) is 0 Å². The quantitative estimate of drug-likeness (QED) is 0.402. The van der Waals surface area contributed by atoms with Crippen molar-refractivity contribution in [2.75, 3.05) is 20.8 Å².